The van der Waals surface area contributed by atoms with E-state index >= 15 is 0 Å². The number of hydrogen-bond donors (Lipinski definition) is 1. The van der Waals surface area contributed by atoms with Crippen LogP contribution in [0.25, 0.3) is 0 Å². The highest BCUT2D eigenvalue weighted by molar-refractivity contribution is 7.89. The lowest BCUT2D eigenvalue weighted by Crippen LogP contribution is -2.60. The topological polar surface area (TPSA) is 95.0 Å². The van der Waals surface area contributed by atoms with Crippen LogP contribution in [-0.2, 0) is 14.8 Å². The minimum absolute atomic E-state index is 0.0325. The third kappa shape index (κ3) is 6.20. The van der Waals surface area contributed by atoms with E-state index in [1.165, 1.54) is 16.4 Å². The highest BCUT2D eigenvalue weighted by Gasteiger charge is 2.44. The van der Waals surface area contributed by atoms with Crippen molar-refractivity contribution in [3.05, 3.63) is 45.1 Å². The second kappa shape index (κ2) is 10.8. The van der Waals surface area contributed by atoms with Crippen molar-refractivity contribution in [3.63, 3.8) is 0 Å². The monoisotopic (exact) mass is 562 g/mol. The van der Waals surface area contributed by atoms with E-state index in [1.807, 2.05) is 20.8 Å². The van der Waals surface area contributed by atoms with E-state index in [9.17, 15) is 23.1 Å². The van der Waals surface area contributed by atoms with Gasteiger partial charge in [-0.25, -0.2) is 13.2 Å². The lowest BCUT2D eigenvalue weighted by Gasteiger charge is -2.44. The predicted octanol–water partition coefficient (Wildman–Crippen LogP) is 5.48. The summed E-state index contributed by atoms with van der Waals surface area (Å²) in [6, 6.07) is 7.20. The van der Waals surface area contributed by atoms with Crippen molar-refractivity contribution in [2.24, 2.45) is 11.3 Å². The molecule has 2 aliphatic rings. The zero-order valence-electron chi connectivity index (χ0n) is 21.2. The Morgan fingerprint density at radius 2 is 1.86 bits per heavy atom. The number of sulfonamides is 1. The van der Waals surface area contributed by atoms with Gasteiger partial charge in [-0.2, -0.15) is 4.31 Å². The van der Waals surface area contributed by atoms with Gasteiger partial charge in [0.1, 0.15) is 4.88 Å². The first kappa shape index (κ1) is 27.6. The van der Waals surface area contributed by atoms with E-state index in [2.05, 4.69) is 11.8 Å². The highest BCUT2D eigenvalue weighted by atomic mass is 35.5. The number of aromatic carboxylic acids is 1. The van der Waals surface area contributed by atoms with Gasteiger partial charge in [0.05, 0.1) is 28.0 Å². The van der Waals surface area contributed by atoms with E-state index in [-0.39, 0.29) is 34.2 Å². The van der Waals surface area contributed by atoms with E-state index in [1.54, 1.807) is 23.1 Å². The van der Waals surface area contributed by atoms with Gasteiger partial charge in [0.15, 0.2) is 0 Å². The summed E-state index contributed by atoms with van der Waals surface area (Å²) in [4.78, 5) is 28.1. The Balaban J connectivity index is 1.76. The minimum Gasteiger partial charge on any atom is -0.477 e. The highest BCUT2D eigenvalue weighted by Crippen LogP contribution is 2.39. The van der Waals surface area contributed by atoms with Crippen molar-refractivity contribution in [2.75, 3.05) is 18.0 Å². The van der Waals surface area contributed by atoms with Gasteiger partial charge in [0, 0.05) is 17.0 Å². The number of carbonyl (C=O) groups excluding carboxylic acids is 1. The molecule has 0 bridgehead atoms. The Bertz CT molecular complexity index is 1360. The number of nitrogens with zero attached hydrogens (tertiary/aromatic N) is 2. The van der Waals surface area contributed by atoms with Gasteiger partial charge >= 0.3 is 5.97 Å². The van der Waals surface area contributed by atoms with Crippen LogP contribution < -0.4 is 4.90 Å². The van der Waals surface area contributed by atoms with Crippen LogP contribution in [-0.4, -0.2) is 48.8 Å². The van der Waals surface area contributed by atoms with Gasteiger partial charge in [0.25, 0.3) is 0 Å². The molecule has 2 fully saturated rings. The van der Waals surface area contributed by atoms with Crippen LogP contribution in [0.2, 0.25) is 5.02 Å². The fraction of sp³-hybridized carbons (Fsp3) is 0.481. The van der Waals surface area contributed by atoms with Crippen LogP contribution in [0, 0.1) is 23.2 Å². The Morgan fingerprint density at radius 1 is 1.16 bits per heavy atom. The van der Waals surface area contributed by atoms with E-state index in [0.717, 1.165) is 43.4 Å². The first-order valence-corrected chi connectivity index (χ1v) is 15.0. The van der Waals surface area contributed by atoms with Gasteiger partial charge in [-0.05, 0) is 63.8 Å². The van der Waals surface area contributed by atoms with Crippen molar-refractivity contribution in [3.8, 4) is 11.8 Å². The summed E-state index contributed by atoms with van der Waals surface area (Å²) in [5.74, 6) is 4.66. The average molecular weight is 563 g/mol. The molecule has 2 aromatic rings. The molecule has 7 nitrogen and oxygen atoms in total. The summed E-state index contributed by atoms with van der Waals surface area (Å²) in [5.41, 5.74) is 0.0324. The lowest BCUT2D eigenvalue weighted by atomic mass is 9.82. The van der Waals surface area contributed by atoms with Gasteiger partial charge < -0.3 is 10.0 Å². The third-order valence-electron chi connectivity index (χ3n) is 6.66. The second-order valence-electron chi connectivity index (χ2n) is 10.6. The molecule has 2 heterocycles. The van der Waals surface area contributed by atoms with E-state index < -0.39 is 27.9 Å². The molecule has 0 unspecified atom stereocenters. The molecule has 1 amide bonds. The van der Waals surface area contributed by atoms with Crippen molar-refractivity contribution >= 4 is 50.5 Å². The maximum absolute atomic E-state index is 13.7. The maximum Gasteiger partial charge on any atom is 0.348 e. The minimum atomic E-state index is -3.98. The molecular weight excluding hydrogens is 532 g/mol. The molecule has 1 saturated heterocycles. The molecule has 1 aromatic heterocycles. The van der Waals surface area contributed by atoms with Crippen molar-refractivity contribution in [2.45, 2.75) is 63.8 Å². The molecule has 1 N–H and O–H groups in total. The Morgan fingerprint density at radius 3 is 2.49 bits per heavy atom. The SMILES string of the molecule is CC(C)(C)C#Cc1cc(N2C(=O)CN(S(=O)(=O)c3cccc(Cl)c3)C[C@H]2C2CCCCC2)c(C(=O)O)s1. The van der Waals surface area contributed by atoms with Crippen molar-refractivity contribution in [1.82, 2.24) is 4.31 Å². The van der Waals surface area contributed by atoms with Gasteiger partial charge in [-0.15, -0.1) is 11.3 Å². The van der Waals surface area contributed by atoms with E-state index in [0.29, 0.717) is 15.6 Å². The van der Waals surface area contributed by atoms with Gasteiger partial charge in [-0.3, -0.25) is 4.79 Å². The maximum atomic E-state index is 13.7. The zero-order chi connectivity index (χ0) is 27.0. The third-order valence-corrected chi connectivity index (χ3v) is 9.73. The smallest absolute Gasteiger partial charge is 0.348 e. The molecule has 1 aliphatic heterocycles. The number of anilines is 1. The summed E-state index contributed by atoms with van der Waals surface area (Å²) in [6.07, 6.45) is 4.77. The second-order valence-corrected chi connectivity index (χ2v) is 14.0. The van der Waals surface area contributed by atoms with E-state index in [4.69, 9.17) is 11.6 Å². The molecule has 1 atom stereocenters. The largest absolute Gasteiger partial charge is 0.477 e. The fourth-order valence-electron chi connectivity index (χ4n) is 4.94. The first-order chi connectivity index (χ1) is 17.4. The predicted molar refractivity (Wildman–Crippen MR) is 146 cm³/mol. The molecule has 10 heteroatoms. The number of carbonyl (C=O) groups is 2. The number of benzene rings is 1. The number of carboxylic acids is 1. The average Bonchev–Trinajstić information content (AvgIpc) is 3.26. The fourth-order valence-corrected chi connectivity index (χ4v) is 7.49. The Labute approximate surface area is 227 Å². The summed E-state index contributed by atoms with van der Waals surface area (Å²) in [5, 5.41) is 10.3. The summed E-state index contributed by atoms with van der Waals surface area (Å²) >= 11 is 7.10. The first-order valence-electron chi connectivity index (χ1n) is 12.3. The standard InChI is InChI=1S/C27H31ClN2O5S2/c1-27(2,3)13-12-20-15-22(25(36-20)26(32)33)30-23(18-8-5-4-6-9-18)16-29(17-24(30)31)37(34,35)21-11-7-10-19(28)14-21/h7,10-11,14-15,18,23H,4-6,8-9,16-17H2,1-3H3,(H,32,33)/t23-/m0/s1. The molecule has 198 valence electrons. The Hall–Kier alpha value is -2.38. The number of carboxylic acid groups (broad SMARTS) is 1. The van der Waals surface area contributed by atoms with Gasteiger partial charge in [0.2, 0.25) is 15.9 Å². The number of thiophene rings is 1. The summed E-state index contributed by atoms with van der Waals surface area (Å²) < 4.78 is 28.2. The Kier molecular flexibility index (Phi) is 8.05. The number of halogens is 1. The summed E-state index contributed by atoms with van der Waals surface area (Å²) in [6.45, 7) is 5.61. The number of piperazine rings is 1. The molecular formula is C27H31ClN2O5S2. The number of hydrogen-bond acceptors (Lipinski definition) is 5. The van der Waals surface area contributed by atoms with Crippen molar-refractivity contribution in [1.29, 1.82) is 0 Å². The van der Waals surface area contributed by atoms with Crippen LogP contribution >= 0.6 is 22.9 Å². The lowest BCUT2D eigenvalue weighted by molar-refractivity contribution is -0.121. The molecule has 0 spiro atoms. The van der Waals surface area contributed by atoms with Crippen LogP contribution in [0.3, 0.4) is 0 Å². The van der Waals surface area contributed by atoms with Crippen molar-refractivity contribution < 1.29 is 23.1 Å². The van der Waals surface area contributed by atoms with Crippen LogP contribution in [0.4, 0.5) is 5.69 Å². The number of rotatable bonds is 5. The quantitative estimate of drug-likeness (QED) is 0.487. The molecule has 1 saturated carbocycles. The normalized spacial score (nSPS) is 19.9. The number of amides is 1. The van der Waals surface area contributed by atoms with Crippen LogP contribution in [0.5, 0.6) is 0 Å². The zero-order valence-corrected chi connectivity index (χ0v) is 23.5. The molecule has 0 radical (unpaired) electrons. The van der Waals surface area contributed by atoms with Crippen LogP contribution in [0.1, 0.15) is 67.4 Å². The molecule has 1 aromatic carbocycles. The summed E-state index contributed by atoms with van der Waals surface area (Å²) in [7, 11) is -3.98. The molecule has 37 heavy (non-hydrogen) atoms. The molecule has 1 aliphatic carbocycles. The van der Waals surface area contributed by atoms with Crippen LogP contribution in [0.15, 0.2) is 35.2 Å². The van der Waals surface area contributed by atoms with Gasteiger partial charge in [-0.1, -0.05) is 48.8 Å². The molecule has 4 rings (SSSR count).